The Balaban J connectivity index is 2.04. The number of aryl methyl sites for hydroxylation is 1. The molecule has 0 fully saturated rings. The summed E-state index contributed by atoms with van der Waals surface area (Å²) < 4.78 is 26.1. The molecule has 0 saturated carbocycles. The molecule has 0 saturated heterocycles. The highest BCUT2D eigenvalue weighted by molar-refractivity contribution is 6.30. The molecule has 1 nitrogen and oxygen atoms in total. The van der Waals surface area contributed by atoms with Gasteiger partial charge in [-0.1, -0.05) is 23.7 Å². The zero-order valence-electron chi connectivity index (χ0n) is 10.00. The van der Waals surface area contributed by atoms with E-state index in [1.165, 1.54) is 30.3 Å². The largest absolute Gasteiger partial charge is 0.294 e. The van der Waals surface area contributed by atoms with Gasteiger partial charge in [-0.05, 0) is 42.3 Å². The third kappa shape index (κ3) is 3.86. The van der Waals surface area contributed by atoms with Gasteiger partial charge in [0.2, 0.25) is 0 Å². The van der Waals surface area contributed by atoms with Gasteiger partial charge in [0.15, 0.2) is 5.78 Å². The molecule has 0 radical (unpaired) electrons. The smallest absolute Gasteiger partial charge is 0.163 e. The van der Waals surface area contributed by atoms with E-state index in [0.717, 1.165) is 0 Å². The van der Waals surface area contributed by atoms with Crippen LogP contribution in [-0.4, -0.2) is 5.78 Å². The molecule has 0 heterocycles. The van der Waals surface area contributed by atoms with Crippen LogP contribution in [0.15, 0.2) is 42.5 Å². The summed E-state index contributed by atoms with van der Waals surface area (Å²) in [6, 6.07) is 9.68. The third-order valence-electron chi connectivity index (χ3n) is 2.71. The molecule has 0 aliphatic heterocycles. The minimum Gasteiger partial charge on any atom is -0.294 e. The molecule has 0 atom stereocenters. The fraction of sp³-hybridized carbons (Fsp3) is 0.133. The number of hydrogen-bond donors (Lipinski definition) is 0. The Morgan fingerprint density at radius 1 is 1.05 bits per heavy atom. The van der Waals surface area contributed by atoms with E-state index in [1.54, 1.807) is 12.1 Å². The standard InChI is InChI=1S/C15H11ClF2O/c16-12-6-10(7-14(18)9-12)4-5-15(19)11-2-1-3-13(17)8-11/h1-3,6-9H,4-5H2. The Labute approximate surface area is 114 Å². The van der Waals surface area contributed by atoms with Gasteiger partial charge >= 0.3 is 0 Å². The number of halogens is 3. The molecule has 0 aliphatic carbocycles. The van der Waals surface area contributed by atoms with Gasteiger partial charge in [0.05, 0.1) is 0 Å². The number of benzene rings is 2. The quantitative estimate of drug-likeness (QED) is 0.757. The highest BCUT2D eigenvalue weighted by atomic mass is 35.5. The predicted molar refractivity (Wildman–Crippen MR) is 70.5 cm³/mol. The van der Waals surface area contributed by atoms with Crippen molar-refractivity contribution in [2.24, 2.45) is 0 Å². The van der Waals surface area contributed by atoms with E-state index >= 15 is 0 Å². The van der Waals surface area contributed by atoms with Crippen molar-refractivity contribution in [3.63, 3.8) is 0 Å². The van der Waals surface area contributed by atoms with Crippen LogP contribution in [-0.2, 0) is 6.42 Å². The second-order valence-electron chi connectivity index (χ2n) is 4.21. The molecule has 0 aliphatic rings. The third-order valence-corrected chi connectivity index (χ3v) is 2.93. The van der Waals surface area contributed by atoms with E-state index < -0.39 is 11.6 Å². The lowest BCUT2D eigenvalue weighted by molar-refractivity contribution is 0.0982. The van der Waals surface area contributed by atoms with Crippen LogP contribution in [0.4, 0.5) is 8.78 Å². The molecule has 4 heteroatoms. The van der Waals surface area contributed by atoms with Crippen LogP contribution in [0.2, 0.25) is 5.02 Å². The van der Waals surface area contributed by atoms with Gasteiger partial charge in [-0.15, -0.1) is 0 Å². The molecule has 0 unspecified atom stereocenters. The molecular weight excluding hydrogens is 270 g/mol. The summed E-state index contributed by atoms with van der Waals surface area (Å²) in [6.45, 7) is 0. The van der Waals surface area contributed by atoms with Crippen molar-refractivity contribution in [2.45, 2.75) is 12.8 Å². The maximum atomic E-state index is 13.1. The zero-order chi connectivity index (χ0) is 13.8. The van der Waals surface area contributed by atoms with E-state index in [9.17, 15) is 13.6 Å². The van der Waals surface area contributed by atoms with Gasteiger partial charge in [0.25, 0.3) is 0 Å². The first-order valence-electron chi connectivity index (χ1n) is 5.78. The summed E-state index contributed by atoms with van der Waals surface area (Å²) in [6.07, 6.45) is 0.552. The summed E-state index contributed by atoms with van der Waals surface area (Å²) in [5.41, 5.74) is 0.970. The lowest BCUT2D eigenvalue weighted by atomic mass is 10.0. The molecule has 0 bridgehead atoms. The first-order valence-corrected chi connectivity index (χ1v) is 6.16. The van der Waals surface area contributed by atoms with E-state index in [4.69, 9.17) is 11.6 Å². The predicted octanol–water partition coefficient (Wildman–Crippen LogP) is 4.43. The van der Waals surface area contributed by atoms with Gasteiger partial charge in [-0.2, -0.15) is 0 Å². The fourth-order valence-electron chi connectivity index (χ4n) is 1.82. The Morgan fingerprint density at radius 3 is 2.53 bits per heavy atom. The zero-order valence-corrected chi connectivity index (χ0v) is 10.8. The molecule has 0 amide bonds. The number of ketones is 1. The van der Waals surface area contributed by atoms with Gasteiger partial charge in [0.1, 0.15) is 11.6 Å². The molecule has 98 valence electrons. The monoisotopic (exact) mass is 280 g/mol. The Bertz CT molecular complexity index is 591. The maximum Gasteiger partial charge on any atom is 0.163 e. The number of carbonyl (C=O) groups is 1. The second-order valence-corrected chi connectivity index (χ2v) is 4.65. The van der Waals surface area contributed by atoms with Crippen molar-refractivity contribution >= 4 is 17.4 Å². The molecule has 19 heavy (non-hydrogen) atoms. The Hall–Kier alpha value is -1.74. The lowest BCUT2D eigenvalue weighted by Crippen LogP contribution is -2.01. The molecular formula is C15H11ClF2O. The molecule has 2 aromatic rings. The Kier molecular flexibility index (Phi) is 4.27. The average Bonchev–Trinajstić information content (AvgIpc) is 2.35. The summed E-state index contributed by atoms with van der Waals surface area (Å²) in [7, 11) is 0. The van der Waals surface area contributed by atoms with Gasteiger partial charge in [-0.25, -0.2) is 8.78 Å². The first kappa shape index (κ1) is 13.7. The molecule has 2 aromatic carbocycles. The Morgan fingerprint density at radius 2 is 1.84 bits per heavy atom. The summed E-state index contributed by atoms with van der Waals surface area (Å²) in [4.78, 5) is 11.8. The summed E-state index contributed by atoms with van der Waals surface area (Å²) in [5, 5.41) is 0.299. The first-order chi connectivity index (χ1) is 9.04. The number of rotatable bonds is 4. The summed E-state index contributed by atoms with van der Waals surface area (Å²) >= 11 is 5.73. The minimum atomic E-state index is -0.445. The van der Waals surface area contributed by atoms with Crippen LogP contribution in [0.5, 0.6) is 0 Å². The number of hydrogen-bond acceptors (Lipinski definition) is 1. The van der Waals surface area contributed by atoms with Gasteiger partial charge in [0, 0.05) is 17.0 Å². The highest BCUT2D eigenvalue weighted by Gasteiger charge is 2.08. The molecule has 0 aromatic heterocycles. The van der Waals surface area contributed by atoms with Crippen LogP contribution < -0.4 is 0 Å². The maximum absolute atomic E-state index is 13.1. The van der Waals surface area contributed by atoms with E-state index in [1.807, 2.05) is 0 Å². The summed E-state index contributed by atoms with van der Waals surface area (Å²) in [5.74, 6) is -1.06. The van der Waals surface area contributed by atoms with Crippen molar-refractivity contribution in [1.29, 1.82) is 0 Å². The van der Waals surface area contributed by atoms with Crippen LogP contribution in [0.3, 0.4) is 0 Å². The van der Waals surface area contributed by atoms with Crippen molar-refractivity contribution in [3.8, 4) is 0 Å². The van der Waals surface area contributed by atoms with E-state index in [0.29, 0.717) is 22.6 Å². The number of carbonyl (C=O) groups excluding carboxylic acids is 1. The average molecular weight is 281 g/mol. The minimum absolute atomic E-state index is 0.181. The van der Waals surface area contributed by atoms with Gasteiger partial charge < -0.3 is 0 Å². The van der Waals surface area contributed by atoms with Crippen LogP contribution in [0.25, 0.3) is 0 Å². The lowest BCUT2D eigenvalue weighted by Gasteiger charge is -2.03. The van der Waals surface area contributed by atoms with Crippen molar-refractivity contribution in [3.05, 3.63) is 70.2 Å². The van der Waals surface area contributed by atoms with Crippen molar-refractivity contribution in [1.82, 2.24) is 0 Å². The second kappa shape index (κ2) is 5.93. The highest BCUT2D eigenvalue weighted by Crippen LogP contribution is 2.16. The van der Waals surface area contributed by atoms with Crippen LogP contribution in [0.1, 0.15) is 22.3 Å². The van der Waals surface area contributed by atoms with Crippen molar-refractivity contribution < 1.29 is 13.6 Å². The molecule has 0 N–H and O–H groups in total. The van der Waals surface area contributed by atoms with Crippen LogP contribution in [0, 0.1) is 11.6 Å². The van der Waals surface area contributed by atoms with E-state index in [2.05, 4.69) is 0 Å². The van der Waals surface area contributed by atoms with Crippen LogP contribution >= 0.6 is 11.6 Å². The van der Waals surface area contributed by atoms with Gasteiger partial charge in [-0.3, -0.25) is 4.79 Å². The molecule has 2 rings (SSSR count). The molecule has 0 spiro atoms. The fourth-order valence-corrected chi connectivity index (χ4v) is 2.06. The SMILES string of the molecule is O=C(CCc1cc(F)cc(Cl)c1)c1cccc(F)c1. The number of Topliss-reactive ketones (excluding diaryl/α,β-unsaturated/α-hetero) is 1. The normalized spacial score (nSPS) is 10.5. The van der Waals surface area contributed by atoms with Crippen molar-refractivity contribution in [2.75, 3.05) is 0 Å². The van der Waals surface area contributed by atoms with E-state index in [-0.39, 0.29) is 12.2 Å². The topological polar surface area (TPSA) is 17.1 Å².